The minimum absolute atomic E-state index is 0.0347. The zero-order chi connectivity index (χ0) is 13.4. The summed E-state index contributed by atoms with van der Waals surface area (Å²) < 4.78 is 28.3. The Morgan fingerprint density at radius 2 is 2.33 bits per heavy atom. The number of aliphatic hydroxyl groups is 1. The molecule has 1 heterocycles. The Balaban J connectivity index is 2.26. The second-order valence-electron chi connectivity index (χ2n) is 3.89. The van der Waals surface area contributed by atoms with E-state index in [2.05, 4.69) is 0 Å². The van der Waals surface area contributed by atoms with E-state index in [1.807, 2.05) is 17.5 Å². The predicted octanol–water partition coefficient (Wildman–Crippen LogP) is 1.62. The monoisotopic (exact) mass is 290 g/mol. The highest BCUT2D eigenvalue weighted by molar-refractivity contribution is 7.91. The molecule has 0 aliphatic carbocycles. The highest BCUT2D eigenvalue weighted by atomic mass is 32.2. The number of thiophene rings is 1. The van der Waals surface area contributed by atoms with Gasteiger partial charge in [-0.1, -0.05) is 18.2 Å². The highest BCUT2D eigenvalue weighted by Crippen LogP contribution is 2.09. The molecule has 1 N–H and O–H groups in total. The van der Waals surface area contributed by atoms with Crippen molar-refractivity contribution in [1.29, 1.82) is 0 Å². The average molecular weight is 290 g/mol. The second kappa shape index (κ2) is 7.68. The number of hydrogen-bond acceptors (Lipinski definition) is 5. The maximum Gasteiger partial charge on any atom is 0.156 e. The molecule has 1 rings (SSSR count). The van der Waals surface area contributed by atoms with Gasteiger partial charge in [0.1, 0.15) is 0 Å². The molecule has 0 aliphatic rings. The van der Waals surface area contributed by atoms with E-state index in [1.54, 1.807) is 30.4 Å². The lowest BCUT2D eigenvalue weighted by Crippen LogP contribution is -2.26. The zero-order valence-corrected chi connectivity index (χ0v) is 11.9. The van der Waals surface area contributed by atoms with Crippen molar-refractivity contribution in [2.75, 3.05) is 18.1 Å². The van der Waals surface area contributed by atoms with Crippen molar-refractivity contribution in [2.45, 2.75) is 19.6 Å². The maximum absolute atomic E-state index is 11.5. The number of ether oxygens (including phenoxy) is 1. The lowest BCUT2D eigenvalue weighted by Gasteiger charge is -2.10. The fraction of sp³-hybridized carbons (Fsp3) is 0.500. The fourth-order valence-corrected chi connectivity index (χ4v) is 3.29. The third kappa shape index (κ3) is 6.30. The Morgan fingerprint density at radius 3 is 2.94 bits per heavy atom. The van der Waals surface area contributed by atoms with Gasteiger partial charge in [0.2, 0.25) is 0 Å². The molecular weight excluding hydrogens is 272 g/mol. The summed E-state index contributed by atoms with van der Waals surface area (Å²) in [6.45, 7) is 2.20. The van der Waals surface area contributed by atoms with Gasteiger partial charge in [0.25, 0.3) is 0 Å². The third-order valence-electron chi connectivity index (χ3n) is 2.17. The Labute approximate surface area is 112 Å². The molecule has 0 amide bonds. The summed E-state index contributed by atoms with van der Waals surface area (Å²) in [5.41, 5.74) is 0. The van der Waals surface area contributed by atoms with Crippen molar-refractivity contribution in [1.82, 2.24) is 0 Å². The smallest absolute Gasteiger partial charge is 0.156 e. The van der Waals surface area contributed by atoms with E-state index in [0.717, 1.165) is 4.88 Å². The van der Waals surface area contributed by atoms with Crippen LogP contribution in [-0.2, 0) is 21.2 Å². The van der Waals surface area contributed by atoms with Gasteiger partial charge >= 0.3 is 0 Å². The van der Waals surface area contributed by atoms with Crippen molar-refractivity contribution in [2.24, 2.45) is 0 Å². The molecule has 0 saturated heterocycles. The highest BCUT2D eigenvalue weighted by Gasteiger charge is 2.16. The van der Waals surface area contributed by atoms with Gasteiger partial charge in [-0.3, -0.25) is 0 Å². The summed E-state index contributed by atoms with van der Waals surface area (Å²) in [4.78, 5) is 1.05. The normalized spacial score (nSPS) is 14.1. The first-order chi connectivity index (χ1) is 8.53. The SMILES string of the molecule is CC=CCS(=O)(=O)CC(O)COCc1cccs1. The van der Waals surface area contributed by atoms with Gasteiger partial charge in [-0.05, 0) is 18.4 Å². The Kier molecular flexibility index (Phi) is 6.56. The molecule has 0 fully saturated rings. The summed E-state index contributed by atoms with van der Waals surface area (Å²) in [6, 6.07) is 3.85. The molecule has 0 spiro atoms. The van der Waals surface area contributed by atoms with Crippen LogP contribution < -0.4 is 0 Å². The molecule has 18 heavy (non-hydrogen) atoms. The van der Waals surface area contributed by atoms with E-state index in [9.17, 15) is 13.5 Å². The summed E-state index contributed by atoms with van der Waals surface area (Å²) in [5.74, 6) is -0.298. The molecule has 4 nitrogen and oxygen atoms in total. The van der Waals surface area contributed by atoms with E-state index in [0.29, 0.717) is 6.61 Å². The molecular formula is C12H18O4S2. The van der Waals surface area contributed by atoms with Gasteiger partial charge in [0.15, 0.2) is 9.84 Å². The first kappa shape index (κ1) is 15.4. The lowest BCUT2D eigenvalue weighted by atomic mass is 10.4. The maximum atomic E-state index is 11.5. The molecule has 6 heteroatoms. The Hall–Kier alpha value is -0.690. The predicted molar refractivity (Wildman–Crippen MR) is 73.4 cm³/mol. The third-order valence-corrected chi connectivity index (χ3v) is 4.61. The molecule has 0 aromatic carbocycles. The molecule has 1 unspecified atom stereocenters. The van der Waals surface area contributed by atoms with Crippen molar-refractivity contribution >= 4 is 21.2 Å². The van der Waals surface area contributed by atoms with Crippen LogP contribution in [0.4, 0.5) is 0 Å². The molecule has 1 aromatic heterocycles. The average Bonchev–Trinajstić information content (AvgIpc) is 2.79. The quantitative estimate of drug-likeness (QED) is 0.739. The molecule has 0 aliphatic heterocycles. The van der Waals surface area contributed by atoms with Gasteiger partial charge < -0.3 is 9.84 Å². The van der Waals surface area contributed by atoms with Crippen molar-refractivity contribution in [3.63, 3.8) is 0 Å². The number of hydrogen-bond donors (Lipinski definition) is 1. The van der Waals surface area contributed by atoms with Crippen molar-refractivity contribution < 1.29 is 18.3 Å². The molecule has 0 bridgehead atoms. The van der Waals surface area contributed by atoms with E-state index >= 15 is 0 Å². The number of sulfone groups is 1. The first-order valence-corrected chi connectivity index (χ1v) is 8.33. The molecule has 0 radical (unpaired) electrons. The summed E-state index contributed by atoms with van der Waals surface area (Å²) in [7, 11) is -3.24. The van der Waals surface area contributed by atoms with Crippen LogP contribution in [0.5, 0.6) is 0 Å². The van der Waals surface area contributed by atoms with Gasteiger partial charge in [-0.2, -0.15) is 0 Å². The Bertz CT molecular complexity index is 448. The van der Waals surface area contributed by atoms with Crippen LogP contribution in [0.1, 0.15) is 11.8 Å². The van der Waals surface area contributed by atoms with Gasteiger partial charge in [0.05, 0.1) is 30.8 Å². The number of aliphatic hydroxyl groups excluding tert-OH is 1. The standard InChI is InChI=1S/C12H18O4S2/c1-2-3-7-18(14,15)10-11(13)8-16-9-12-5-4-6-17-12/h2-6,11,13H,7-10H2,1H3. The summed E-state index contributed by atoms with van der Waals surface area (Å²) in [5, 5.41) is 11.5. The largest absolute Gasteiger partial charge is 0.390 e. The van der Waals surface area contributed by atoms with E-state index in [4.69, 9.17) is 4.74 Å². The first-order valence-electron chi connectivity index (χ1n) is 5.63. The van der Waals surface area contributed by atoms with Crippen LogP contribution in [0, 0.1) is 0 Å². The zero-order valence-electron chi connectivity index (χ0n) is 10.3. The van der Waals surface area contributed by atoms with Crippen LogP contribution in [0.15, 0.2) is 29.7 Å². The van der Waals surface area contributed by atoms with Crippen LogP contribution in [0.2, 0.25) is 0 Å². The summed E-state index contributed by atoms with van der Waals surface area (Å²) in [6.07, 6.45) is 2.27. The van der Waals surface area contributed by atoms with Crippen LogP contribution >= 0.6 is 11.3 Å². The van der Waals surface area contributed by atoms with Gasteiger partial charge in [0, 0.05) is 4.88 Å². The van der Waals surface area contributed by atoms with E-state index in [1.165, 1.54) is 0 Å². The van der Waals surface area contributed by atoms with Crippen LogP contribution in [0.3, 0.4) is 0 Å². The molecule has 102 valence electrons. The minimum atomic E-state index is -3.24. The number of rotatable bonds is 8. The van der Waals surface area contributed by atoms with Crippen molar-refractivity contribution in [3.8, 4) is 0 Å². The molecule has 1 aromatic rings. The minimum Gasteiger partial charge on any atom is -0.390 e. The number of allylic oxidation sites excluding steroid dienone is 1. The van der Waals surface area contributed by atoms with Crippen LogP contribution in [-0.4, -0.2) is 37.7 Å². The summed E-state index contributed by atoms with van der Waals surface area (Å²) >= 11 is 1.56. The fourth-order valence-electron chi connectivity index (χ4n) is 1.34. The van der Waals surface area contributed by atoms with Crippen LogP contribution in [0.25, 0.3) is 0 Å². The van der Waals surface area contributed by atoms with Crippen molar-refractivity contribution in [3.05, 3.63) is 34.5 Å². The molecule has 1 atom stereocenters. The van der Waals surface area contributed by atoms with E-state index in [-0.39, 0.29) is 18.1 Å². The second-order valence-corrected chi connectivity index (χ2v) is 7.08. The Morgan fingerprint density at radius 1 is 1.56 bits per heavy atom. The van der Waals surface area contributed by atoms with Gasteiger partial charge in [-0.15, -0.1) is 11.3 Å². The topological polar surface area (TPSA) is 63.6 Å². The van der Waals surface area contributed by atoms with E-state index < -0.39 is 15.9 Å². The lowest BCUT2D eigenvalue weighted by molar-refractivity contribution is 0.0401. The molecule has 0 saturated carbocycles. The van der Waals surface area contributed by atoms with Gasteiger partial charge in [-0.25, -0.2) is 8.42 Å².